The van der Waals surface area contributed by atoms with Crippen LogP contribution in [0.3, 0.4) is 0 Å². The van der Waals surface area contributed by atoms with E-state index in [4.69, 9.17) is 32.7 Å². The van der Waals surface area contributed by atoms with E-state index in [0.29, 0.717) is 47.4 Å². The molecule has 2 aromatic carbocycles. The van der Waals surface area contributed by atoms with Crippen molar-refractivity contribution in [2.45, 2.75) is 62.3 Å². The Labute approximate surface area is 259 Å². The van der Waals surface area contributed by atoms with Crippen LogP contribution < -0.4 is 5.32 Å². The number of rotatable bonds is 8. The van der Waals surface area contributed by atoms with E-state index in [2.05, 4.69) is 10.3 Å². The van der Waals surface area contributed by atoms with Gasteiger partial charge in [-0.3, -0.25) is 14.7 Å². The average molecular weight is 633 g/mol. The predicted octanol–water partition coefficient (Wildman–Crippen LogP) is 5.88. The van der Waals surface area contributed by atoms with Gasteiger partial charge in [-0.15, -0.1) is 0 Å². The fourth-order valence-corrected chi connectivity index (χ4v) is 6.89. The summed E-state index contributed by atoms with van der Waals surface area (Å²) in [6.07, 6.45) is 1.66. The van der Waals surface area contributed by atoms with Crippen molar-refractivity contribution in [3.63, 3.8) is 0 Å². The highest BCUT2D eigenvalue weighted by atomic mass is 35.5. The van der Waals surface area contributed by atoms with Gasteiger partial charge in [0.15, 0.2) is 0 Å². The summed E-state index contributed by atoms with van der Waals surface area (Å²) in [5.74, 6) is -1.33. The number of aliphatic hydroxyl groups is 1. The van der Waals surface area contributed by atoms with Crippen molar-refractivity contribution < 1.29 is 28.2 Å². The minimum Gasteiger partial charge on any atom is -0.382 e. The lowest BCUT2D eigenvalue weighted by molar-refractivity contribution is -0.148. The standard InChI is InChI=1S/C32H33Cl2F2N3O4/c1-2-31(41,30(36)10-12-37-13-11-30)21-15-26-28(27(35)16-21)32(43-25-9-14-42-19-25,20-3-5-22(33)6-4-20)39(29(26)40)18-24-8-7-23(34)17-38-24/h3-8,15-17,25,37,41H,2,9-14,18-19H2,1H3/t25-,31?,32+/m0/s1. The van der Waals surface area contributed by atoms with E-state index < -0.39 is 34.8 Å². The molecule has 11 heteroatoms. The maximum atomic E-state index is 16.8. The topological polar surface area (TPSA) is 83.9 Å². The number of piperidine rings is 1. The molecule has 1 aromatic heterocycles. The average Bonchev–Trinajstić information content (AvgIpc) is 3.60. The quantitative estimate of drug-likeness (QED) is 0.323. The van der Waals surface area contributed by atoms with E-state index in [-0.39, 0.29) is 49.1 Å². The monoisotopic (exact) mass is 631 g/mol. The third-order valence-electron chi connectivity index (χ3n) is 8.98. The number of hydrogen-bond donors (Lipinski definition) is 2. The lowest BCUT2D eigenvalue weighted by Gasteiger charge is -2.44. The Morgan fingerprint density at radius 1 is 1.16 bits per heavy atom. The number of aromatic nitrogens is 1. The van der Waals surface area contributed by atoms with Crippen LogP contribution >= 0.6 is 23.2 Å². The molecule has 3 aliphatic rings. The van der Waals surface area contributed by atoms with Crippen LogP contribution in [-0.4, -0.2) is 59.0 Å². The van der Waals surface area contributed by atoms with Crippen molar-refractivity contribution in [3.05, 3.63) is 98.5 Å². The number of carbonyl (C=O) groups excluding carboxylic acids is 1. The lowest BCUT2D eigenvalue weighted by Crippen LogP contribution is -2.54. The van der Waals surface area contributed by atoms with Crippen LogP contribution in [0.1, 0.15) is 65.3 Å². The molecule has 3 atom stereocenters. The molecular weight excluding hydrogens is 599 g/mol. The van der Waals surface area contributed by atoms with E-state index in [1.165, 1.54) is 17.2 Å². The second-order valence-electron chi connectivity index (χ2n) is 11.4. The number of pyridine rings is 1. The Morgan fingerprint density at radius 2 is 1.88 bits per heavy atom. The summed E-state index contributed by atoms with van der Waals surface area (Å²) in [5, 5.41) is 15.9. The van der Waals surface area contributed by atoms with Crippen molar-refractivity contribution in [1.82, 2.24) is 15.2 Å². The van der Waals surface area contributed by atoms with E-state index in [0.717, 1.165) is 6.07 Å². The number of benzene rings is 2. The van der Waals surface area contributed by atoms with Crippen LogP contribution in [0.25, 0.3) is 0 Å². The van der Waals surface area contributed by atoms with E-state index in [9.17, 15) is 9.90 Å². The molecular formula is C32H33Cl2F2N3O4. The first-order valence-corrected chi connectivity index (χ1v) is 15.3. The van der Waals surface area contributed by atoms with Gasteiger partial charge in [0, 0.05) is 23.4 Å². The van der Waals surface area contributed by atoms with Gasteiger partial charge in [0.05, 0.1) is 41.1 Å². The van der Waals surface area contributed by atoms with Crippen LogP contribution in [0.4, 0.5) is 8.78 Å². The molecule has 2 N–H and O–H groups in total. The maximum absolute atomic E-state index is 16.8. The van der Waals surface area contributed by atoms with Gasteiger partial charge in [0.2, 0.25) is 5.72 Å². The lowest BCUT2D eigenvalue weighted by atomic mass is 9.71. The molecule has 7 nitrogen and oxygen atoms in total. The Morgan fingerprint density at radius 3 is 2.51 bits per heavy atom. The van der Waals surface area contributed by atoms with Gasteiger partial charge < -0.3 is 19.9 Å². The maximum Gasteiger partial charge on any atom is 0.257 e. The normalized spacial score (nSPS) is 24.7. The number of nitrogens with zero attached hydrogens (tertiary/aromatic N) is 2. The predicted molar refractivity (Wildman–Crippen MR) is 158 cm³/mol. The Bertz CT molecular complexity index is 1500. The number of fused-ring (bicyclic) bond motifs is 1. The highest BCUT2D eigenvalue weighted by Gasteiger charge is 2.58. The molecule has 2 fully saturated rings. The summed E-state index contributed by atoms with van der Waals surface area (Å²) >= 11 is 12.3. The van der Waals surface area contributed by atoms with E-state index >= 15 is 8.78 Å². The van der Waals surface area contributed by atoms with Crippen LogP contribution in [0.5, 0.6) is 0 Å². The highest BCUT2D eigenvalue weighted by Crippen LogP contribution is 2.51. The zero-order valence-corrected chi connectivity index (χ0v) is 25.2. The molecule has 3 aliphatic heterocycles. The first-order valence-electron chi connectivity index (χ1n) is 14.5. The van der Waals surface area contributed by atoms with Gasteiger partial charge in [-0.05, 0) is 80.7 Å². The number of amides is 1. The van der Waals surface area contributed by atoms with Gasteiger partial charge >= 0.3 is 0 Å². The summed E-state index contributed by atoms with van der Waals surface area (Å²) in [6.45, 7) is 3.09. The van der Waals surface area contributed by atoms with Crippen molar-refractivity contribution in [3.8, 4) is 0 Å². The van der Waals surface area contributed by atoms with Gasteiger partial charge in [0.1, 0.15) is 17.1 Å². The molecule has 0 bridgehead atoms. The molecule has 0 aliphatic carbocycles. The second kappa shape index (κ2) is 11.7. The molecule has 228 valence electrons. The number of nitrogens with one attached hydrogen (secondary N) is 1. The summed E-state index contributed by atoms with van der Waals surface area (Å²) in [5.41, 5.74) is -4.78. The van der Waals surface area contributed by atoms with Gasteiger partial charge in [-0.1, -0.05) is 42.3 Å². The van der Waals surface area contributed by atoms with Crippen molar-refractivity contribution in [2.24, 2.45) is 0 Å². The molecule has 3 aromatic rings. The molecule has 43 heavy (non-hydrogen) atoms. The Hall–Kier alpha value is -2.66. The van der Waals surface area contributed by atoms with Gasteiger partial charge in [-0.2, -0.15) is 0 Å². The summed E-state index contributed by atoms with van der Waals surface area (Å²) in [4.78, 5) is 20.3. The van der Waals surface area contributed by atoms with E-state index in [1.54, 1.807) is 43.3 Å². The Kier molecular flexibility index (Phi) is 8.25. The molecule has 0 spiro atoms. The molecule has 6 rings (SSSR count). The third kappa shape index (κ3) is 5.14. The molecule has 0 radical (unpaired) electrons. The van der Waals surface area contributed by atoms with Crippen molar-refractivity contribution in [2.75, 3.05) is 26.3 Å². The first-order chi connectivity index (χ1) is 20.6. The molecule has 1 amide bonds. The largest absolute Gasteiger partial charge is 0.382 e. The number of carbonyl (C=O) groups is 1. The molecule has 1 unspecified atom stereocenters. The van der Waals surface area contributed by atoms with Crippen molar-refractivity contribution in [1.29, 1.82) is 0 Å². The second-order valence-corrected chi connectivity index (χ2v) is 12.3. The first kappa shape index (κ1) is 30.4. The molecule has 2 saturated heterocycles. The van der Waals surface area contributed by atoms with E-state index in [1.807, 2.05) is 0 Å². The minimum atomic E-state index is -2.01. The fraction of sp³-hybridized carbons (Fsp3) is 0.438. The number of halogens is 4. The number of ether oxygens (including phenoxy) is 2. The van der Waals surface area contributed by atoms with Gasteiger partial charge in [-0.25, -0.2) is 8.78 Å². The van der Waals surface area contributed by atoms with Crippen molar-refractivity contribution >= 4 is 29.1 Å². The smallest absolute Gasteiger partial charge is 0.257 e. The van der Waals surface area contributed by atoms with Crippen LogP contribution in [0.15, 0.2) is 54.7 Å². The van der Waals surface area contributed by atoms with Crippen LogP contribution in [-0.2, 0) is 27.3 Å². The molecule has 4 heterocycles. The third-order valence-corrected chi connectivity index (χ3v) is 9.46. The zero-order valence-electron chi connectivity index (χ0n) is 23.7. The molecule has 0 saturated carbocycles. The van der Waals surface area contributed by atoms with Gasteiger partial charge in [0.25, 0.3) is 5.91 Å². The Balaban J connectivity index is 1.57. The number of alkyl halides is 1. The van der Waals surface area contributed by atoms with Crippen LogP contribution in [0.2, 0.25) is 10.0 Å². The number of hydrogen-bond acceptors (Lipinski definition) is 6. The summed E-state index contributed by atoms with van der Waals surface area (Å²) in [7, 11) is 0. The highest BCUT2D eigenvalue weighted by molar-refractivity contribution is 6.30. The van der Waals surface area contributed by atoms with Crippen LogP contribution in [0, 0.1) is 5.82 Å². The fourth-order valence-electron chi connectivity index (χ4n) is 6.66. The summed E-state index contributed by atoms with van der Waals surface area (Å²) in [6, 6.07) is 12.6. The summed E-state index contributed by atoms with van der Waals surface area (Å²) < 4.78 is 45.6. The SMILES string of the molecule is CCC(O)(c1cc(F)c2c(c1)C(=O)N(Cc1ccc(Cl)cn1)[C@@]2(O[C@H]1CCOC1)c1ccc(Cl)cc1)C1(F)CCNCC1. The minimum absolute atomic E-state index is 0.00737. The zero-order chi connectivity index (χ0) is 30.4.